The summed E-state index contributed by atoms with van der Waals surface area (Å²) in [6.07, 6.45) is 0.213. The second-order valence-electron chi connectivity index (χ2n) is 4.77. The number of carbonyl (C=O) groups excluding carboxylic acids is 2. The van der Waals surface area contributed by atoms with Crippen molar-refractivity contribution in [2.24, 2.45) is 0 Å². The highest BCUT2D eigenvalue weighted by Gasteiger charge is 2.12. The van der Waals surface area contributed by atoms with Gasteiger partial charge in [-0.1, -0.05) is 26.0 Å². The Morgan fingerprint density at radius 2 is 1.42 bits per heavy atom. The fourth-order valence-electron chi connectivity index (χ4n) is 2.21. The van der Waals surface area contributed by atoms with E-state index in [-0.39, 0.29) is 24.6 Å². The van der Waals surface area contributed by atoms with Gasteiger partial charge in [-0.05, 0) is 29.0 Å². The molecule has 5 heteroatoms. The van der Waals surface area contributed by atoms with Crippen LogP contribution in [0, 0.1) is 0 Å². The van der Waals surface area contributed by atoms with Gasteiger partial charge in [0.05, 0.1) is 27.8 Å². The molecule has 2 rings (SSSR count). The molecule has 0 aromatic heterocycles. The predicted octanol–water partition coefficient (Wildman–Crippen LogP) is 4.02. The zero-order chi connectivity index (χ0) is 18.1. The minimum absolute atomic E-state index is 0.0826. The van der Waals surface area contributed by atoms with Gasteiger partial charge in [0.1, 0.15) is 0 Å². The molecular weight excluding hydrogens is 308 g/mol. The first-order chi connectivity index (χ1) is 11.6. The quantitative estimate of drug-likeness (QED) is 0.590. The Balaban J connectivity index is 0.00000139. The summed E-state index contributed by atoms with van der Waals surface area (Å²) in [5.41, 5.74) is 0.559. The van der Waals surface area contributed by atoms with Crippen LogP contribution in [0.5, 0.6) is 11.5 Å². The minimum atomic E-state index is -0.388. The molecule has 0 spiro atoms. The Bertz CT molecular complexity index is 706. The molecule has 5 nitrogen and oxygen atoms in total. The van der Waals surface area contributed by atoms with Crippen molar-refractivity contribution < 1.29 is 23.8 Å². The number of Topliss-reactive ketones (excluding diaryl/α,β-unsaturated/α-hetero) is 1. The molecule has 2 aromatic rings. The normalized spacial score (nSPS) is 9.71. The van der Waals surface area contributed by atoms with E-state index in [1.54, 1.807) is 26.4 Å². The van der Waals surface area contributed by atoms with E-state index in [2.05, 4.69) is 4.74 Å². The monoisotopic (exact) mass is 332 g/mol. The van der Waals surface area contributed by atoms with Crippen LogP contribution in [0.2, 0.25) is 0 Å². The molecule has 0 amide bonds. The van der Waals surface area contributed by atoms with Crippen molar-refractivity contribution in [2.75, 3.05) is 21.3 Å². The first kappa shape index (κ1) is 19.5. The summed E-state index contributed by atoms with van der Waals surface area (Å²) in [5, 5.41) is 1.82. The number of carbonyl (C=O) groups is 2. The van der Waals surface area contributed by atoms with Crippen molar-refractivity contribution >= 4 is 22.5 Å². The molecule has 0 saturated heterocycles. The maximum absolute atomic E-state index is 12.1. The molecule has 0 aliphatic rings. The number of methoxy groups -OCH3 is 3. The van der Waals surface area contributed by atoms with Crippen LogP contribution >= 0.6 is 0 Å². The molecule has 0 unspecified atom stereocenters. The number of ketones is 1. The Kier molecular flexibility index (Phi) is 7.75. The molecule has 0 N–H and O–H groups in total. The van der Waals surface area contributed by atoms with Gasteiger partial charge in [0.15, 0.2) is 17.3 Å². The largest absolute Gasteiger partial charge is 0.493 e. The number of ether oxygens (including phenoxy) is 3. The maximum Gasteiger partial charge on any atom is 0.305 e. The summed E-state index contributed by atoms with van der Waals surface area (Å²) in [6.45, 7) is 4.00. The second-order valence-corrected chi connectivity index (χ2v) is 4.77. The summed E-state index contributed by atoms with van der Waals surface area (Å²) in [5.74, 6) is 0.761. The summed E-state index contributed by atoms with van der Waals surface area (Å²) >= 11 is 0. The maximum atomic E-state index is 12.1. The lowest BCUT2D eigenvalue weighted by molar-refractivity contribution is -0.140. The summed E-state index contributed by atoms with van der Waals surface area (Å²) in [7, 11) is 4.45. The van der Waals surface area contributed by atoms with Gasteiger partial charge in [-0.2, -0.15) is 0 Å². The third kappa shape index (κ3) is 4.72. The molecule has 0 bridgehead atoms. The Labute approximate surface area is 142 Å². The Morgan fingerprint density at radius 3 is 1.96 bits per heavy atom. The van der Waals surface area contributed by atoms with Crippen molar-refractivity contribution in [3.8, 4) is 11.5 Å². The van der Waals surface area contributed by atoms with E-state index < -0.39 is 0 Å². The SMILES string of the molecule is CC.COC(=O)CCC(=O)c1ccc2cc(OC)c(OC)cc2c1. The van der Waals surface area contributed by atoms with E-state index in [4.69, 9.17) is 9.47 Å². The topological polar surface area (TPSA) is 61.8 Å². The highest BCUT2D eigenvalue weighted by atomic mass is 16.5. The van der Waals surface area contributed by atoms with E-state index in [1.807, 2.05) is 32.0 Å². The van der Waals surface area contributed by atoms with Gasteiger partial charge in [-0.3, -0.25) is 9.59 Å². The molecule has 2 aromatic carbocycles. The van der Waals surface area contributed by atoms with E-state index in [9.17, 15) is 9.59 Å². The Hall–Kier alpha value is -2.56. The van der Waals surface area contributed by atoms with E-state index in [1.165, 1.54) is 7.11 Å². The van der Waals surface area contributed by atoms with E-state index in [0.29, 0.717) is 17.1 Å². The molecule has 24 heavy (non-hydrogen) atoms. The van der Waals surface area contributed by atoms with Gasteiger partial charge in [-0.15, -0.1) is 0 Å². The number of benzene rings is 2. The minimum Gasteiger partial charge on any atom is -0.493 e. The van der Waals surface area contributed by atoms with Crippen LogP contribution in [0.1, 0.15) is 37.0 Å². The molecule has 130 valence electrons. The number of rotatable bonds is 6. The highest BCUT2D eigenvalue weighted by molar-refractivity contribution is 6.01. The van der Waals surface area contributed by atoms with Crippen LogP contribution in [0.4, 0.5) is 0 Å². The first-order valence-electron chi connectivity index (χ1n) is 7.85. The number of esters is 1. The van der Waals surface area contributed by atoms with Crippen LogP contribution in [0.3, 0.4) is 0 Å². The number of hydrogen-bond donors (Lipinski definition) is 0. The van der Waals surface area contributed by atoms with Crippen molar-refractivity contribution in [1.82, 2.24) is 0 Å². The zero-order valence-corrected chi connectivity index (χ0v) is 14.8. The van der Waals surface area contributed by atoms with Crippen LogP contribution in [-0.4, -0.2) is 33.1 Å². The second kappa shape index (κ2) is 9.55. The molecule has 0 aliphatic heterocycles. The number of hydrogen-bond acceptors (Lipinski definition) is 5. The van der Waals surface area contributed by atoms with Crippen LogP contribution in [-0.2, 0) is 9.53 Å². The average Bonchev–Trinajstić information content (AvgIpc) is 2.65. The first-order valence-corrected chi connectivity index (χ1v) is 7.85. The summed E-state index contributed by atoms with van der Waals surface area (Å²) in [6, 6.07) is 9.07. The van der Waals surface area contributed by atoms with Gasteiger partial charge in [0, 0.05) is 12.0 Å². The lowest BCUT2D eigenvalue weighted by Crippen LogP contribution is -2.06. The smallest absolute Gasteiger partial charge is 0.305 e. The fraction of sp³-hybridized carbons (Fsp3) is 0.368. The summed E-state index contributed by atoms with van der Waals surface area (Å²) < 4.78 is 15.1. The van der Waals surface area contributed by atoms with Gasteiger partial charge in [-0.25, -0.2) is 0 Å². The van der Waals surface area contributed by atoms with Gasteiger partial charge in [0.2, 0.25) is 0 Å². The van der Waals surface area contributed by atoms with Gasteiger partial charge >= 0.3 is 5.97 Å². The van der Waals surface area contributed by atoms with Crippen molar-refractivity contribution in [3.63, 3.8) is 0 Å². The van der Waals surface area contributed by atoms with Gasteiger partial charge < -0.3 is 14.2 Å². The van der Waals surface area contributed by atoms with Gasteiger partial charge in [0.25, 0.3) is 0 Å². The highest BCUT2D eigenvalue weighted by Crippen LogP contribution is 2.32. The third-order valence-corrected chi connectivity index (χ3v) is 3.45. The average molecular weight is 332 g/mol. The van der Waals surface area contributed by atoms with Crippen LogP contribution in [0.25, 0.3) is 10.8 Å². The molecule has 0 heterocycles. The third-order valence-electron chi connectivity index (χ3n) is 3.45. The van der Waals surface area contributed by atoms with Crippen molar-refractivity contribution in [3.05, 3.63) is 35.9 Å². The summed E-state index contributed by atoms with van der Waals surface area (Å²) in [4.78, 5) is 23.2. The lowest BCUT2D eigenvalue weighted by atomic mass is 10.0. The number of fused-ring (bicyclic) bond motifs is 1. The lowest BCUT2D eigenvalue weighted by Gasteiger charge is -2.10. The molecular formula is C19H24O5. The zero-order valence-electron chi connectivity index (χ0n) is 14.8. The van der Waals surface area contributed by atoms with Crippen LogP contribution < -0.4 is 9.47 Å². The molecule has 0 atom stereocenters. The molecule has 0 radical (unpaired) electrons. The van der Waals surface area contributed by atoms with Crippen molar-refractivity contribution in [2.45, 2.75) is 26.7 Å². The standard InChI is InChI=1S/C17H18O5.C2H6/c1-20-15-9-11-4-5-12(8-13(11)10-16(15)21-2)14(18)6-7-17(19)22-3;1-2/h4-5,8-10H,6-7H2,1-3H3;1-2H3. The molecule has 0 aliphatic carbocycles. The fourth-order valence-corrected chi connectivity index (χ4v) is 2.21. The molecule has 0 fully saturated rings. The Morgan fingerprint density at radius 1 is 0.833 bits per heavy atom. The van der Waals surface area contributed by atoms with Crippen LogP contribution in [0.15, 0.2) is 30.3 Å². The molecule has 0 saturated carbocycles. The van der Waals surface area contributed by atoms with Crippen molar-refractivity contribution in [1.29, 1.82) is 0 Å². The predicted molar refractivity (Wildman–Crippen MR) is 94.0 cm³/mol. The van der Waals surface area contributed by atoms with E-state index >= 15 is 0 Å². The van der Waals surface area contributed by atoms with E-state index in [0.717, 1.165) is 10.8 Å².